The van der Waals surface area contributed by atoms with Gasteiger partial charge in [0.25, 0.3) is 0 Å². The number of thiocarbonyl (C=S) groups is 1. The molecule has 0 aliphatic heterocycles. The molecule has 0 bridgehead atoms. The smallest absolute Gasteiger partial charge is 0.184 e. The first-order chi connectivity index (χ1) is 11.1. The summed E-state index contributed by atoms with van der Waals surface area (Å²) < 4.78 is 2.22. The first-order valence-electron chi connectivity index (χ1n) is 7.35. The molecule has 0 spiro atoms. The van der Waals surface area contributed by atoms with Crippen molar-refractivity contribution >= 4 is 34.4 Å². The van der Waals surface area contributed by atoms with Gasteiger partial charge in [0.1, 0.15) is 0 Å². The third-order valence-corrected chi connectivity index (χ3v) is 3.76. The summed E-state index contributed by atoms with van der Waals surface area (Å²) >= 11 is 4.76. The molecule has 0 atom stereocenters. The average molecular weight is 322 g/mol. The van der Waals surface area contributed by atoms with Crippen molar-refractivity contribution in [3.63, 3.8) is 0 Å². The first-order valence-corrected chi connectivity index (χ1v) is 7.76. The van der Waals surface area contributed by atoms with Crippen LogP contribution in [0, 0.1) is 6.92 Å². The quantitative estimate of drug-likeness (QED) is 0.441. The number of nitrogens with zero attached hydrogens (tertiary/aromatic N) is 2. The van der Waals surface area contributed by atoms with Crippen molar-refractivity contribution < 1.29 is 0 Å². The Bertz CT molecular complexity index is 862. The fourth-order valence-corrected chi connectivity index (χ4v) is 2.62. The average Bonchev–Trinajstić information content (AvgIpc) is 2.88. The van der Waals surface area contributed by atoms with Crippen LogP contribution < -0.4 is 11.2 Å². The van der Waals surface area contributed by atoms with Gasteiger partial charge in [0.05, 0.1) is 6.21 Å². The number of hydrazone groups is 1. The van der Waals surface area contributed by atoms with Gasteiger partial charge in [-0.1, -0.05) is 48.0 Å². The van der Waals surface area contributed by atoms with Gasteiger partial charge in [0.15, 0.2) is 5.11 Å². The highest BCUT2D eigenvalue weighted by atomic mass is 32.1. The summed E-state index contributed by atoms with van der Waals surface area (Å²) in [5, 5.41) is 5.37. The lowest BCUT2D eigenvalue weighted by atomic mass is 10.1. The second kappa shape index (κ2) is 6.62. The highest BCUT2D eigenvalue weighted by Crippen LogP contribution is 2.21. The fourth-order valence-electron chi connectivity index (χ4n) is 2.56. The lowest BCUT2D eigenvalue weighted by Gasteiger charge is -2.06. The minimum Gasteiger partial charge on any atom is -0.375 e. The van der Waals surface area contributed by atoms with Crippen LogP contribution in [0.1, 0.15) is 16.7 Å². The zero-order valence-electron chi connectivity index (χ0n) is 12.9. The van der Waals surface area contributed by atoms with E-state index in [1.165, 1.54) is 16.6 Å². The highest BCUT2D eigenvalue weighted by Gasteiger charge is 2.07. The minimum atomic E-state index is 0.157. The number of hydrogen-bond donors (Lipinski definition) is 2. The van der Waals surface area contributed by atoms with Crippen molar-refractivity contribution in [1.82, 2.24) is 9.99 Å². The van der Waals surface area contributed by atoms with E-state index >= 15 is 0 Å². The van der Waals surface area contributed by atoms with E-state index < -0.39 is 0 Å². The Morgan fingerprint density at radius 2 is 1.96 bits per heavy atom. The minimum absolute atomic E-state index is 0.157. The van der Waals surface area contributed by atoms with E-state index in [0.29, 0.717) is 0 Å². The Kier molecular flexibility index (Phi) is 4.39. The van der Waals surface area contributed by atoms with Crippen LogP contribution in [0.5, 0.6) is 0 Å². The van der Waals surface area contributed by atoms with E-state index in [4.69, 9.17) is 18.0 Å². The molecule has 0 aliphatic carbocycles. The number of fused-ring (bicyclic) bond motifs is 1. The van der Waals surface area contributed by atoms with Crippen molar-refractivity contribution in [2.75, 3.05) is 0 Å². The lowest BCUT2D eigenvalue weighted by Crippen LogP contribution is -2.23. The third-order valence-electron chi connectivity index (χ3n) is 3.67. The molecule has 4 nitrogen and oxygen atoms in total. The number of nitrogens with one attached hydrogen (secondary N) is 1. The number of rotatable bonds is 4. The maximum absolute atomic E-state index is 5.39. The molecule has 0 radical (unpaired) electrons. The summed E-state index contributed by atoms with van der Waals surface area (Å²) in [6.45, 7) is 2.91. The van der Waals surface area contributed by atoms with E-state index in [1.54, 1.807) is 6.21 Å². The molecule has 3 rings (SSSR count). The van der Waals surface area contributed by atoms with Crippen LogP contribution in [0.4, 0.5) is 0 Å². The van der Waals surface area contributed by atoms with Crippen LogP contribution in [0.2, 0.25) is 0 Å². The first kappa shape index (κ1) is 15.2. The number of benzene rings is 2. The second-order valence-electron chi connectivity index (χ2n) is 5.45. The Labute approximate surface area is 140 Å². The Morgan fingerprint density at radius 1 is 1.22 bits per heavy atom. The maximum atomic E-state index is 5.39. The highest BCUT2D eigenvalue weighted by molar-refractivity contribution is 7.80. The van der Waals surface area contributed by atoms with E-state index in [9.17, 15) is 0 Å². The zero-order chi connectivity index (χ0) is 16.2. The van der Waals surface area contributed by atoms with Gasteiger partial charge < -0.3 is 10.3 Å². The molecule has 1 aromatic heterocycles. The van der Waals surface area contributed by atoms with Crippen LogP contribution in [-0.4, -0.2) is 15.9 Å². The molecular weight excluding hydrogens is 304 g/mol. The fraction of sp³-hybridized carbons (Fsp3) is 0.111. The normalized spacial score (nSPS) is 11.2. The third kappa shape index (κ3) is 3.57. The maximum Gasteiger partial charge on any atom is 0.184 e. The summed E-state index contributed by atoms with van der Waals surface area (Å²) in [5.74, 6) is 0. The van der Waals surface area contributed by atoms with E-state index in [1.807, 2.05) is 12.1 Å². The van der Waals surface area contributed by atoms with Gasteiger partial charge in [0.2, 0.25) is 0 Å². The second-order valence-corrected chi connectivity index (χ2v) is 5.89. The molecule has 5 heteroatoms. The molecule has 2 aromatic carbocycles. The summed E-state index contributed by atoms with van der Waals surface area (Å²) in [6.07, 6.45) is 3.84. The predicted octanol–water partition coefficient (Wildman–Crippen LogP) is 3.17. The molecule has 0 aliphatic rings. The molecule has 0 saturated heterocycles. The Hall–Kier alpha value is -2.66. The van der Waals surface area contributed by atoms with Gasteiger partial charge in [-0.25, -0.2) is 0 Å². The van der Waals surface area contributed by atoms with Crippen LogP contribution in [0.25, 0.3) is 10.9 Å². The zero-order valence-corrected chi connectivity index (χ0v) is 13.7. The molecule has 0 fully saturated rings. The summed E-state index contributed by atoms with van der Waals surface area (Å²) in [7, 11) is 0. The topological polar surface area (TPSA) is 55.3 Å². The SMILES string of the molecule is Cc1ccc(Cn2cc(/C=N/NC(N)=S)c3ccccc32)cc1. The van der Waals surface area contributed by atoms with Crippen LogP contribution in [0.3, 0.4) is 0 Å². The molecule has 3 N–H and O–H groups in total. The van der Waals surface area contributed by atoms with Crippen molar-refractivity contribution in [2.24, 2.45) is 10.8 Å². The van der Waals surface area contributed by atoms with Crippen LogP contribution in [0.15, 0.2) is 59.8 Å². The van der Waals surface area contributed by atoms with Crippen LogP contribution in [-0.2, 0) is 6.54 Å². The molecule has 1 heterocycles. The molecule has 116 valence electrons. The molecule has 0 unspecified atom stereocenters. The van der Waals surface area contributed by atoms with Crippen molar-refractivity contribution in [3.05, 3.63) is 71.4 Å². The van der Waals surface area contributed by atoms with E-state index in [0.717, 1.165) is 17.5 Å². The van der Waals surface area contributed by atoms with Gasteiger partial charge in [-0.3, -0.25) is 5.43 Å². The lowest BCUT2D eigenvalue weighted by molar-refractivity contribution is 0.836. The van der Waals surface area contributed by atoms with E-state index in [2.05, 4.69) is 64.6 Å². The molecule has 0 saturated carbocycles. The van der Waals surface area contributed by atoms with Crippen LogP contribution >= 0.6 is 12.2 Å². The number of hydrogen-bond acceptors (Lipinski definition) is 2. The molecule has 23 heavy (non-hydrogen) atoms. The predicted molar refractivity (Wildman–Crippen MR) is 99.7 cm³/mol. The largest absolute Gasteiger partial charge is 0.375 e. The van der Waals surface area contributed by atoms with Crippen molar-refractivity contribution in [1.29, 1.82) is 0 Å². The Balaban J connectivity index is 1.95. The van der Waals surface area contributed by atoms with Gasteiger partial charge >= 0.3 is 0 Å². The van der Waals surface area contributed by atoms with Gasteiger partial charge in [0, 0.05) is 29.2 Å². The van der Waals surface area contributed by atoms with Crippen molar-refractivity contribution in [3.8, 4) is 0 Å². The van der Waals surface area contributed by atoms with Gasteiger partial charge in [-0.2, -0.15) is 5.10 Å². The number of aromatic nitrogens is 1. The van der Waals surface area contributed by atoms with Crippen molar-refractivity contribution in [2.45, 2.75) is 13.5 Å². The monoisotopic (exact) mass is 322 g/mol. The number of para-hydroxylation sites is 1. The van der Waals surface area contributed by atoms with Gasteiger partial charge in [-0.15, -0.1) is 0 Å². The Morgan fingerprint density at radius 3 is 2.70 bits per heavy atom. The summed E-state index contributed by atoms with van der Waals surface area (Å²) in [6, 6.07) is 16.9. The molecular formula is C18H18N4S. The summed E-state index contributed by atoms with van der Waals surface area (Å²) in [4.78, 5) is 0. The molecule has 0 amide bonds. The van der Waals surface area contributed by atoms with Gasteiger partial charge in [-0.05, 0) is 30.8 Å². The van der Waals surface area contributed by atoms with E-state index in [-0.39, 0.29) is 5.11 Å². The standard InChI is InChI=1S/C18H18N4S/c1-13-6-8-14(9-7-13)11-22-12-15(10-20-21-18(19)23)16-4-2-3-5-17(16)22/h2-10,12H,11H2,1H3,(H3,19,21,23)/b20-10+. The number of aryl methyl sites for hydroxylation is 1. The number of nitrogens with two attached hydrogens (primary N) is 1. The molecule has 3 aromatic rings. The summed E-state index contributed by atoms with van der Waals surface area (Å²) in [5.41, 5.74) is 12.7.